The molecule has 1 N–H and O–H groups in total. The molecule has 3 rings (SSSR count). The molecule has 1 heterocycles. The highest BCUT2D eigenvalue weighted by Crippen LogP contribution is 2.47. The molecule has 21 heavy (non-hydrogen) atoms. The summed E-state index contributed by atoms with van der Waals surface area (Å²) < 4.78 is 1.07. The van der Waals surface area contributed by atoms with Crippen LogP contribution >= 0.6 is 15.9 Å². The lowest BCUT2D eigenvalue weighted by Gasteiger charge is -2.13. The summed E-state index contributed by atoms with van der Waals surface area (Å²) in [6.45, 7) is 1.97. The van der Waals surface area contributed by atoms with Crippen molar-refractivity contribution in [3.63, 3.8) is 0 Å². The van der Waals surface area contributed by atoms with Gasteiger partial charge in [-0.05, 0) is 49.1 Å². The molecule has 0 bridgehead atoms. The number of carbonyl (C=O) groups is 1. The first-order valence-electron chi connectivity index (χ1n) is 7.12. The fourth-order valence-electron chi connectivity index (χ4n) is 2.59. The molecule has 1 saturated carbocycles. The van der Waals surface area contributed by atoms with Crippen molar-refractivity contribution in [3.8, 4) is 0 Å². The lowest BCUT2D eigenvalue weighted by Crippen LogP contribution is -2.28. The second-order valence-corrected chi connectivity index (χ2v) is 6.40. The van der Waals surface area contributed by atoms with Gasteiger partial charge in [0.25, 0.3) is 0 Å². The van der Waals surface area contributed by atoms with E-state index in [1.807, 2.05) is 37.3 Å². The van der Waals surface area contributed by atoms with Crippen LogP contribution in [0.4, 0.5) is 0 Å². The highest BCUT2D eigenvalue weighted by atomic mass is 79.9. The molecule has 108 valence electrons. The lowest BCUT2D eigenvalue weighted by molar-refractivity contribution is -0.123. The molecular formula is C17H17BrN2O. The third kappa shape index (κ3) is 3.32. The van der Waals surface area contributed by atoms with Crippen molar-refractivity contribution in [2.24, 2.45) is 5.92 Å². The van der Waals surface area contributed by atoms with Crippen molar-refractivity contribution in [3.05, 3.63) is 64.4 Å². The number of rotatable bonds is 4. The molecule has 1 aromatic carbocycles. The maximum absolute atomic E-state index is 12.3. The second-order valence-electron chi connectivity index (χ2n) is 5.49. The Kier molecular flexibility index (Phi) is 4.06. The second kappa shape index (κ2) is 5.98. The first-order chi connectivity index (χ1) is 10.1. The average molecular weight is 345 g/mol. The Labute approximate surface area is 132 Å². The summed E-state index contributed by atoms with van der Waals surface area (Å²) in [6.07, 6.45) is 2.68. The lowest BCUT2D eigenvalue weighted by atomic mass is 10.1. The molecule has 3 nitrogen and oxygen atoms in total. The summed E-state index contributed by atoms with van der Waals surface area (Å²) >= 11 is 3.43. The predicted molar refractivity (Wildman–Crippen MR) is 85.8 cm³/mol. The van der Waals surface area contributed by atoms with Gasteiger partial charge in [-0.25, -0.2) is 0 Å². The number of hydrogen-bond donors (Lipinski definition) is 1. The van der Waals surface area contributed by atoms with Crippen LogP contribution in [0, 0.1) is 5.92 Å². The molecule has 0 radical (unpaired) electrons. The third-order valence-electron chi connectivity index (χ3n) is 3.92. The van der Waals surface area contributed by atoms with Crippen molar-refractivity contribution in [2.45, 2.75) is 25.3 Å². The first kappa shape index (κ1) is 14.3. The van der Waals surface area contributed by atoms with E-state index in [-0.39, 0.29) is 17.9 Å². The Bertz CT molecular complexity index is 627. The van der Waals surface area contributed by atoms with Gasteiger partial charge in [0.05, 0.1) is 11.7 Å². The van der Waals surface area contributed by atoms with Gasteiger partial charge >= 0.3 is 0 Å². The SMILES string of the molecule is C[C@H](NC(=O)[C@@H]1C[C@@H]1c1ccc(Br)cc1)c1ccccn1. The van der Waals surface area contributed by atoms with Gasteiger partial charge in [0.2, 0.25) is 5.91 Å². The number of pyridine rings is 1. The summed E-state index contributed by atoms with van der Waals surface area (Å²) in [5.74, 6) is 0.576. The molecular weight excluding hydrogens is 328 g/mol. The molecule has 3 atom stereocenters. The summed E-state index contributed by atoms with van der Waals surface area (Å²) in [4.78, 5) is 16.6. The van der Waals surface area contributed by atoms with E-state index in [2.05, 4.69) is 38.4 Å². The minimum absolute atomic E-state index is 0.0510. The molecule has 2 aromatic rings. The van der Waals surface area contributed by atoms with Crippen molar-refractivity contribution in [2.75, 3.05) is 0 Å². The maximum Gasteiger partial charge on any atom is 0.224 e. The smallest absolute Gasteiger partial charge is 0.224 e. The van der Waals surface area contributed by atoms with Gasteiger partial charge in [0.1, 0.15) is 0 Å². The predicted octanol–water partition coefficient (Wildman–Crippen LogP) is 3.83. The summed E-state index contributed by atoms with van der Waals surface area (Å²) in [5, 5.41) is 3.06. The first-order valence-corrected chi connectivity index (χ1v) is 7.91. The molecule has 1 aliphatic rings. The fraction of sp³-hybridized carbons (Fsp3) is 0.294. The highest BCUT2D eigenvalue weighted by Gasteiger charge is 2.44. The molecule has 1 aliphatic carbocycles. The average Bonchev–Trinajstić information content (AvgIpc) is 3.29. The normalized spacial score (nSPS) is 21.6. The number of carbonyl (C=O) groups excluding carboxylic acids is 1. The number of benzene rings is 1. The van der Waals surface area contributed by atoms with E-state index >= 15 is 0 Å². The molecule has 0 saturated heterocycles. The summed E-state index contributed by atoms with van der Waals surface area (Å²) in [5.41, 5.74) is 2.13. The van der Waals surface area contributed by atoms with Gasteiger partial charge in [-0.15, -0.1) is 0 Å². The molecule has 0 unspecified atom stereocenters. The van der Waals surface area contributed by atoms with Crippen LogP contribution < -0.4 is 5.32 Å². The number of aromatic nitrogens is 1. The zero-order valence-corrected chi connectivity index (χ0v) is 13.4. The Hall–Kier alpha value is -1.68. The minimum atomic E-state index is -0.0510. The van der Waals surface area contributed by atoms with Crippen LogP contribution in [0.3, 0.4) is 0 Å². The third-order valence-corrected chi connectivity index (χ3v) is 4.44. The topological polar surface area (TPSA) is 42.0 Å². The quantitative estimate of drug-likeness (QED) is 0.915. The molecule has 0 spiro atoms. The number of nitrogens with zero attached hydrogens (tertiary/aromatic N) is 1. The number of nitrogens with one attached hydrogen (secondary N) is 1. The van der Waals surface area contributed by atoms with Crippen molar-refractivity contribution >= 4 is 21.8 Å². The zero-order valence-electron chi connectivity index (χ0n) is 11.8. The van der Waals surface area contributed by atoms with Gasteiger partial charge in [-0.1, -0.05) is 34.1 Å². The standard InChI is InChI=1S/C17H17BrN2O/c1-11(16-4-2-3-9-19-16)20-17(21)15-10-14(15)12-5-7-13(18)8-6-12/h2-9,11,14-15H,10H2,1H3,(H,20,21)/t11-,14+,15+/m0/s1. The van der Waals surface area contributed by atoms with E-state index in [1.165, 1.54) is 5.56 Å². The summed E-state index contributed by atoms with van der Waals surface area (Å²) in [7, 11) is 0. The highest BCUT2D eigenvalue weighted by molar-refractivity contribution is 9.10. The van der Waals surface area contributed by atoms with E-state index < -0.39 is 0 Å². The Morgan fingerprint density at radius 2 is 2.05 bits per heavy atom. The van der Waals surface area contributed by atoms with Crippen LogP contribution in [-0.2, 0) is 4.79 Å². The maximum atomic E-state index is 12.3. The zero-order chi connectivity index (χ0) is 14.8. The van der Waals surface area contributed by atoms with Crippen molar-refractivity contribution in [1.29, 1.82) is 0 Å². The van der Waals surface area contributed by atoms with E-state index in [9.17, 15) is 4.79 Å². The Balaban J connectivity index is 1.59. The van der Waals surface area contributed by atoms with Gasteiger partial charge in [-0.2, -0.15) is 0 Å². The summed E-state index contributed by atoms with van der Waals surface area (Å²) in [6, 6.07) is 13.9. The van der Waals surface area contributed by atoms with Crippen LogP contribution in [0.15, 0.2) is 53.1 Å². The van der Waals surface area contributed by atoms with Crippen LogP contribution in [0.1, 0.15) is 36.6 Å². The van der Waals surface area contributed by atoms with E-state index in [1.54, 1.807) is 6.20 Å². The van der Waals surface area contributed by atoms with Gasteiger partial charge in [-0.3, -0.25) is 9.78 Å². The monoisotopic (exact) mass is 344 g/mol. The van der Waals surface area contributed by atoms with Gasteiger partial charge in [0, 0.05) is 16.6 Å². The van der Waals surface area contributed by atoms with Crippen molar-refractivity contribution in [1.82, 2.24) is 10.3 Å². The Morgan fingerprint density at radius 3 is 2.71 bits per heavy atom. The van der Waals surface area contributed by atoms with E-state index in [0.717, 1.165) is 16.6 Å². The van der Waals surface area contributed by atoms with Crippen LogP contribution in [0.2, 0.25) is 0 Å². The van der Waals surface area contributed by atoms with Gasteiger partial charge in [0.15, 0.2) is 0 Å². The van der Waals surface area contributed by atoms with E-state index in [0.29, 0.717) is 5.92 Å². The fourth-order valence-corrected chi connectivity index (χ4v) is 2.85. The van der Waals surface area contributed by atoms with Crippen LogP contribution in [0.25, 0.3) is 0 Å². The minimum Gasteiger partial charge on any atom is -0.348 e. The number of halogens is 1. The Morgan fingerprint density at radius 1 is 1.29 bits per heavy atom. The number of hydrogen-bond acceptors (Lipinski definition) is 2. The molecule has 1 amide bonds. The molecule has 1 aromatic heterocycles. The largest absolute Gasteiger partial charge is 0.348 e. The molecule has 4 heteroatoms. The van der Waals surface area contributed by atoms with Crippen LogP contribution in [-0.4, -0.2) is 10.9 Å². The molecule has 1 fully saturated rings. The van der Waals surface area contributed by atoms with Crippen molar-refractivity contribution < 1.29 is 4.79 Å². The molecule has 0 aliphatic heterocycles. The number of amides is 1. The van der Waals surface area contributed by atoms with Gasteiger partial charge < -0.3 is 5.32 Å². The van der Waals surface area contributed by atoms with E-state index in [4.69, 9.17) is 0 Å². The van der Waals surface area contributed by atoms with Crippen LogP contribution in [0.5, 0.6) is 0 Å².